The molecule has 0 aliphatic rings. The van der Waals surface area contributed by atoms with Gasteiger partial charge in [-0.1, -0.05) is 15.9 Å². The van der Waals surface area contributed by atoms with Crippen molar-refractivity contribution in [1.82, 2.24) is 4.72 Å². The Labute approximate surface area is 85.9 Å². The predicted octanol–water partition coefficient (Wildman–Crippen LogP) is 1.32. The first-order valence-corrected chi connectivity index (χ1v) is 5.17. The third kappa shape index (κ3) is 3.25. The van der Waals surface area contributed by atoms with Gasteiger partial charge in [-0.05, 0) is 24.3 Å². The zero-order valence-corrected chi connectivity index (χ0v) is 8.76. The standard InChI is InChI=1S/C7H6BrNO3S/c8-6-3-1-5(2-4-6)7(10)9-13(11)12/h1-4H,(H,9,10)(H,11,12). The summed E-state index contributed by atoms with van der Waals surface area (Å²) in [7, 11) is 0. The van der Waals surface area contributed by atoms with Crippen LogP contribution in [0.15, 0.2) is 28.7 Å². The molecule has 0 saturated carbocycles. The molecule has 0 aromatic heterocycles. The fourth-order valence-electron chi connectivity index (χ4n) is 0.739. The lowest BCUT2D eigenvalue weighted by Gasteiger charge is -1.99. The highest BCUT2D eigenvalue weighted by Crippen LogP contribution is 2.10. The first-order chi connectivity index (χ1) is 6.09. The van der Waals surface area contributed by atoms with E-state index in [4.69, 9.17) is 4.55 Å². The topological polar surface area (TPSA) is 66.4 Å². The number of rotatable bonds is 2. The van der Waals surface area contributed by atoms with Gasteiger partial charge in [0.25, 0.3) is 17.2 Å². The molecule has 0 bridgehead atoms. The molecule has 1 rings (SSSR count). The van der Waals surface area contributed by atoms with Gasteiger partial charge in [-0.2, -0.15) is 0 Å². The van der Waals surface area contributed by atoms with E-state index in [1.54, 1.807) is 24.3 Å². The molecule has 0 fully saturated rings. The molecule has 1 atom stereocenters. The highest BCUT2D eigenvalue weighted by molar-refractivity contribution is 9.10. The van der Waals surface area contributed by atoms with Crippen LogP contribution in [-0.2, 0) is 11.3 Å². The van der Waals surface area contributed by atoms with Crippen molar-refractivity contribution in [3.63, 3.8) is 0 Å². The summed E-state index contributed by atoms with van der Waals surface area (Å²) in [6, 6.07) is 6.45. The van der Waals surface area contributed by atoms with Gasteiger partial charge in [0.1, 0.15) is 0 Å². The first kappa shape index (κ1) is 10.4. The summed E-state index contributed by atoms with van der Waals surface area (Å²) in [4.78, 5) is 11.1. The lowest BCUT2D eigenvalue weighted by Crippen LogP contribution is -2.24. The average Bonchev–Trinajstić information content (AvgIpc) is 2.04. The lowest BCUT2D eigenvalue weighted by molar-refractivity contribution is 0.0981. The molecule has 0 aliphatic carbocycles. The monoisotopic (exact) mass is 263 g/mol. The molecular weight excluding hydrogens is 258 g/mol. The van der Waals surface area contributed by atoms with Crippen LogP contribution in [0.1, 0.15) is 10.4 Å². The Balaban J connectivity index is 2.78. The van der Waals surface area contributed by atoms with Crippen LogP contribution in [0, 0.1) is 0 Å². The van der Waals surface area contributed by atoms with E-state index in [0.717, 1.165) is 4.47 Å². The minimum Gasteiger partial charge on any atom is -0.289 e. The normalized spacial score (nSPS) is 12.2. The Hall–Kier alpha value is -0.720. The zero-order valence-electron chi connectivity index (χ0n) is 6.36. The van der Waals surface area contributed by atoms with E-state index in [0.29, 0.717) is 5.56 Å². The Morgan fingerprint density at radius 3 is 2.38 bits per heavy atom. The number of benzene rings is 1. The largest absolute Gasteiger partial charge is 0.289 e. The van der Waals surface area contributed by atoms with Gasteiger partial charge in [0.05, 0.1) is 0 Å². The van der Waals surface area contributed by atoms with Crippen molar-refractivity contribution in [1.29, 1.82) is 0 Å². The van der Waals surface area contributed by atoms with Crippen LogP contribution in [0.2, 0.25) is 0 Å². The van der Waals surface area contributed by atoms with Crippen molar-refractivity contribution >= 4 is 33.1 Å². The number of amides is 1. The van der Waals surface area contributed by atoms with Crippen molar-refractivity contribution in [3.8, 4) is 0 Å². The van der Waals surface area contributed by atoms with Crippen LogP contribution < -0.4 is 4.72 Å². The van der Waals surface area contributed by atoms with E-state index in [1.807, 2.05) is 4.72 Å². The highest BCUT2D eigenvalue weighted by atomic mass is 79.9. The van der Waals surface area contributed by atoms with Crippen LogP contribution in [0.3, 0.4) is 0 Å². The first-order valence-electron chi connectivity index (χ1n) is 3.27. The number of carbonyl (C=O) groups excluding carboxylic acids is 1. The lowest BCUT2D eigenvalue weighted by atomic mass is 10.2. The van der Waals surface area contributed by atoms with E-state index in [1.165, 1.54) is 0 Å². The Bertz CT molecular complexity index is 338. The highest BCUT2D eigenvalue weighted by Gasteiger charge is 2.06. The second-order valence-electron chi connectivity index (χ2n) is 2.19. The summed E-state index contributed by atoms with van der Waals surface area (Å²) in [5.74, 6) is -0.576. The van der Waals surface area contributed by atoms with Gasteiger partial charge in [0, 0.05) is 10.0 Å². The fourth-order valence-corrected chi connectivity index (χ4v) is 1.28. The smallest absolute Gasteiger partial charge is 0.264 e. The van der Waals surface area contributed by atoms with Gasteiger partial charge in [0.15, 0.2) is 0 Å². The third-order valence-corrected chi connectivity index (χ3v) is 2.18. The number of nitrogens with one attached hydrogen (secondary N) is 1. The summed E-state index contributed by atoms with van der Waals surface area (Å²) >= 11 is 0.892. The van der Waals surface area contributed by atoms with Crippen molar-refractivity contribution in [3.05, 3.63) is 34.3 Å². The van der Waals surface area contributed by atoms with Crippen molar-refractivity contribution in [2.45, 2.75) is 0 Å². The van der Waals surface area contributed by atoms with E-state index in [2.05, 4.69) is 15.9 Å². The Morgan fingerprint density at radius 2 is 1.92 bits per heavy atom. The second kappa shape index (κ2) is 4.50. The molecule has 0 heterocycles. The summed E-state index contributed by atoms with van der Waals surface area (Å²) in [6.07, 6.45) is 0. The number of carbonyl (C=O) groups is 1. The SMILES string of the molecule is O=C(NS(=O)O)c1ccc(Br)cc1. The van der Waals surface area contributed by atoms with Crippen molar-refractivity contribution in [2.24, 2.45) is 0 Å². The molecule has 6 heteroatoms. The molecule has 70 valence electrons. The summed E-state index contributed by atoms with van der Waals surface area (Å²) in [5.41, 5.74) is 0.339. The number of halogens is 1. The van der Waals surface area contributed by atoms with Crippen LogP contribution in [0.4, 0.5) is 0 Å². The zero-order chi connectivity index (χ0) is 9.84. The van der Waals surface area contributed by atoms with E-state index in [-0.39, 0.29) is 0 Å². The third-order valence-electron chi connectivity index (χ3n) is 1.29. The molecule has 4 nitrogen and oxygen atoms in total. The fraction of sp³-hybridized carbons (Fsp3) is 0. The summed E-state index contributed by atoms with van der Waals surface area (Å²) < 4.78 is 21.3. The molecule has 2 N–H and O–H groups in total. The summed E-state index contributed by atoms with van der Waals surface area (Å²) in [6.45, 7) is 0. The van der Waals surface area contributed by atoms with Crippen molar-refractivity contribution < 1.29 is 13.6 Å². The molecule has 0 aliphatic heterocycles. The van der Waals surface area contributed by atoms with Crippen LogP contribution >= 0.6 is 15.9 Å². The molecule has 1 unspecified atom stereocenters. The second-order valence-corrected chi connectivity index (χ2v) is 3.81. The van der Waals surface area contributed by atoms with Gasteiger partial charge in [-0.3, -0.25) is 9.35 Å². The maximum Gasteiger partial charge on any atom is 0.264 e. The van der Waals surface area contributed by atoms with E-state index < -0.39 is 17.2 Å². The van der Waals surface area contributed by atoms with Crippen LogP contribution in [-0.4, -0.2) is 14.7 Å². The predicted molar refractivity (Wildman–Crippen MR) is 52.4 cm³/mol. The average molecular weight is 264 g/mol. The van der Waals surface area contributed by atoms with E-state index >= 15 is 0 Å². The van der Waals surface area contributed by atoms with Crippen LogP contribution in [0.5, 0.6) is 0 Å². The maximum absolute atomic E-state index is 11.1. The maximum atomic E-state index is 11.1. The molecule has 1 aromatic carbocycles. The van der Waals surface area contributed by atoms with Gasteiger partial charge < -0.3 is 0 Å². The Kier molecular flexibility index (Phi) is 3.58. The quantitative estimate of drug-likeness (QED) is 0.791. The Morgan fingerprint density at radius 1 is 1.38 bits per heavy atom. The molecule has 1 aromatic rings. The molecule has 0 radical (unpaired) electrons. The summed E-state index contributed by atoms with van der Waals surface area (Å²) in [5, 5.41) is 0. The molecular formula is C7H6BrNO3S. The molecule has 0 saturated heterocycles. The van der Waals surface area contributed by atoms with E-state index in [9.17, 15) is 9.00 Å². The molecule has 13 heavy (non-hydrogen) atoms. The van der Waals surface area contributed by atoms with Crippen molar-refractivity contribution in [2.75, 3.05) is 0 Å². The van der Waals surface area contributed by atoms with Gasteiger partial charge >= 0.3 is 0 Å². The minimum atomic E-state index is -2.31. The number of hydrogen-bond donors (Lipinski definition) is 2. The van der Waals surface area contributed by atoms with Crippen LogP contribution in [0.25, 0.3) is 0 Å². The molecule has 1 amide bonds. The molecule has 0 spiro atoms. The number of hydrogen-bond acceptors (Lipinski definition) is 2. The van der Waals surface area contributed by atoms with Gasteiger partial charge in [-0.25, -0.2) is 8.93 Å². The van der Waals surface area contributed by atoms with Gasteiger partial charge in [-0.15, -0.1) is 0 Å². The minimum absolute atomic E-state index is 0.339. The van der Waals surface area contributed by atoms with Gasteiger partial charge in [0.2, 0.25) is 0 Å².